The maximum Gasteiger partial charge on any atom is 0.234 e. The highest BCUT2D eigenvalue weighted by atomic mass is 127. The third-order valence-corrected chi connectivity index (χ3v) is 3.74. The maximum atomic E-state index is 11.7. The number of benzene rings is 1. The summed E-state index contributed by atoms with van der Waals surface area (Å²) >= 11 is 3.56. The number of hydrogen-bond donors (Lipinski definition) is 2. The summed E-state index contributed by atoms with van der Waals surface area (Å²) in [5, 5.41) is 9.93. The maximum absolute atomic E-state index is 11.7. The van der Waals surface area contributed by atoms with E-state index in [1.807, 2.05) is 25.1 Å². The van der Waals surface area contributed by atoms with Crippen molar-refractivity contribution < 1.29 is 4.79 Å². The number of nitrogens with one attached hydrogen (secondary N) is 2. The molecule has 1 heterocycles. The Kier molecular flexibility index (Phi) is 4.59. The summed E-state index contributed by atoms with van der Waals surface area (Å²) in [7, 11) is 0. The Morgan fingerprint density at radius 3 is 3.06 bits per heavy atom. The molecule has 2 N–H and O–H groups in total. The number of anilines is 1. The van der Waals surface area contributed by atoms with Gasteiger partial charge < -0.3 is 5.32 Å². The van der Waals surface area contributed by atoms with Gasteiger partial charge in [-0.3, -0.25) is 9.89 Å². The zero-order valence-corrected chi connectivity index (χ0v) is 12.6. The molecule has 2 rings (SSSR count). The molecule has 1 aromatic carbocycles. The molecule has 0 fully saturated rings. The van der Waals surface area contributed by atoms with Gasteiger partial charge in [0, 0.05) is 9.26 Å². The second-order valence-electron chi connectivity index (χ2n) is 3.59. The summed E-state index contributed by atoms with van der Waals surface area (Å²) in [6.45, 7) is 1.97. The van der Waals surface area contributed by atoms with Gasteiger partial charge in [-0.05, 0) is 53.3 Å². The predicted molar refractivity (Wildman–Crippen MR) is 79.6 cm³/mol. The Morgan fingerprint density at radius 2 is 2.39 bits per heavy atom. The SMILES string of the molecule is Cc1cc(I)ccc1NC(=O)CSc1ncn[nH]1. The topological polar surface area (TPSA) is 70.7 Å². The number of aryl methyl sites for hydroxylation is 1. The van der Waals surface area contributed by atoms with Crippen molar-refractivity contribution in [2.75, 3.05) is 11.1 Å². The van der Waals surface area contributed by atoms with E-state index in [0.717, 1.165) is 14.8 Å². The van der Waals surface area contributed by atoms with Crippen LogP contribution in [0.3, 0.4) is 0 Å². The summed E-state index contributed by atoms with van der Waals surface area (Å²) in [5.74, 6) is 0.251. The van der Waals surface area contributed by atoms with Crippen molar-refractivity contribution in [2.45, 2.75) is 12.1 Å². The van der Waals surface area contributed by atoms with Crippen molar-refractivity contribution in [1.29, 1.82) is 0 Å². The number of thioether (sulfide) groups is 1. The molecule has 0 saturated heterocycles. The lowest BCUT2D eigenvalue weighted by atomic mass is 10.2. The number of hydrogen-bond acceptors (Lipinski definition) is 4. The normalized spacial score (nSPS) is 10.3. The molecule has 5 nitrogen and oxygen atoms in total. The number of nitrogens with zero attached hydrogens (tertiary/aromatic N) is 2. The van der Waals surface area contributed by atoms with Crippen molar-refractivity contribution >= 4 is 45.9 Å². The molecule has 0 aliphatic rings. The molecule has 0 saturated carbocycles. The average Bonchev–Trinajstić information content (AvgIpc) is 2.83. The van der Waals surface area contributed by atoms with Crippen molar-refractivity contribution in [1.82, 2.24) is 15.2 Å². The first kappa shape index (κ1) is 13.3. The first-order chi connectivity index (χ1) is 8.65. The van der Waals surface area contributed by atoms with E-state index in [1.54, 1.807) is 0 Å². The van der Waals surface area contributed by atoms with Crippen LogP contribution < -0.4 is 5.32 Å². The number of amides is 1. The highest BCUT2D eigenvalue weighted by molar-refractivity contribution is 14.1. The van der Waals surface area contributed by atoms with Crippen LogP contribution in [-0.4, -0.2) is 26.8 Å². The first-order valence-electron chi connectivity index (χ1n) is 5.19. The van der Waals surface area contributed by atoms with Crippen molar-refractivity contribution in [3.05, 3.63) is 33.7 Å². The fourth-order valence-electron chi connectivity index (χ4n) is 1.35. The van der Waals surface area contributed by atoms with E-state index in [1.165, 1.54) is 18.1 Å². The van der Waals surface area contributed by atoms with Gasteiger partial charge in [0.15, 0.2) is 5.16 Å². The van der Waals surface area contributed by atoms with Crippen LogP contribution in [0.4, 0.5) is 5.69 Å². The molecule has 0 spiro atoms. The highest BCUT2D eigenvalue weighted by Gasteiger charge is 2.07. The minimum Gasteiger partial charge on any atom is -0.325 e. The van der Waals surface area contributed by atoms with Gasteiger partial charge in [-0.25, -0.2) is 4.98 Å². The van der Waals surface area contributed by atoms with E-state index in [4.69, 9.17) is 0 Å². The van der Waals surface area contributed by atoms with Crippen LogP contribution in [0.2, 0.25) is 0 Å². The quantitative estimate of drug-likeness (QED) is 0.637. The van der Waals surface area contributed by atoms with Gasteiger partial charge in [0.2, 0.25) is 5.91 Å². The minimum atomic E-state index is -0.0549. The van der Waals surface area contributed by atoms with E-state index >= 15 is 0 Å². The number of aromatic nitrogens is 3. The molecule has 0 aliphatic carbocycles. The Labute approximate surface area is 122 Å². The Morgan fingerprint density at radius 1 is 1.56 bits per heavy atom. The summed E-state index contributed by atoms with van der Waals surface area (Å²) < 4.78 is 1.15. The average molecular weight is 374 g/mol. The number of carbonyl (C=O) groups is 1. The number of H-pyrrole nitrogens is 1. The summed E-state index contributed by atoms with van der Waals surface area (Å²) in [6, 6.07) is 5.90. The Bertz CT molecular complexity index is 544. The second kappa shape index (κ2) is 6.19. The van der Waals surface area contributed by atoms with E-state index in [9.17, 15) is 4.79 Å². The molecule has 0 unspecified atom stereocenters. The fourth-order valence-corrected chi connectivity index (χ4v) is 2.58. The molecule has 0 aliphatic heterocycles. The van der Waals surface area contributed by atoms with Crippen LogP contribution in [-0.2, 0) is 4.79 Å². The van der Waals surface area contributed by atoms with Crippen LogP contribution in [0.5, 0.6) is 0 Å². The summed E-state index contributed by atoms with van der Waals surface area (Å²) in [4.78, 5) is 15.7. The van der Waals surface area contributed by atoms with Crippen molar-refractivity contribution in [2.24, 2.45) is 0 Å². The van der Waals surface area contributed by atoms with Crippen molar-refractivity contribution in [3.8, 4) is 0 Å². The van der Waals surface area contributed by atoms with Gasteiger partial charge in [-0.1, -0.05) is 11.8 Å². The van der Waals surface area contributed by atoms with Gasteiger partial charge in [-0.15, -0.1) is 0 Å². The molecule has 0 bridgehead atoms. The van der Waals surface area contributed by atoms with E-state index < -0.39 is 0 Å². The Hall–Kier alpha value is -1.09. The van der Waals surface area contributed by atoms with Gasteiger partial charge in [0.25, 0.3) is 0 Å². The van der Waals surface area contributed by atoms with Gasteiger partial charge in [-0.2, -0.15) is 5.10 Å². The lowest BCUT2D eigenvalue weighted by Crippen LogP contribution is -2.15. The molecule has 7 heteroatoms. The Balaban J connectivity index is 1.91. The first-order valence-corrected chi connectivity index (χ1v) is 7.26. The molecule has 2 aromatic rings. The van der Waals surface area contributed by atoms with Crippen LogP contribution >= 0.6 is 34.4 Å². The third-order valence-electron chi connectivity index (χ3n) is 2.20. The lowest BCUT2D eigenvalue weighted by molar-refractivity contribution is -0.113. The van der Waals surface area contributed by atoms with Crippen LogP contribution in [0, 0.1) is 10.5 Å². The lowest BCUT2D eigenvalue weighted by Gasteiger charge is -2.07. The number of aromatic amines is 1. The summed E-state index contributed by atoms with van der Waals surface area (Å²) in [6.07, 6.45) is 1.42. The van der Waals surface area contributed by atoms with Crippen LogP contribution in [0.25, 0.3) is 0 Å². The number of rotatable bonds is 4. The fraction of sp³-hybridized carbons (Fsp3) is 0.182. The zero-order valence-electron chi connectivity index (χ0n) is 9.61. The summed E-state index contributed by atoms with van der Waals surface area (Å²) in [5.41, 5.74) is 1.90. The van der Waals surface area contributed by atoms with Crippen LogP contribution in [0.1, 0.15) is 5.56 Å². The van der Waals surface area contributed by atoms with E-state index in [-0.39, 0.29) is 5.91 Å². The van der Waals surface area contributed by atoms with Gasteiger partial charge >= 0.3 is 0 Å². The zero-order chi connectivity index (χ0) is 13.0. The minimum absolute atomic E-state index is 0.0549. The van der Waals surface area contributed by atoms with Crippen molar-refractivity contribution in [3.63, 3.8) is 0 Å². The smallest absolute Gasteiger partial charge is 0.234 e. The standard InChI is InChI=1S/C11H11IN4OS/c1-7-4-8(12)2-3-9(7)15-10(17)5-18-11-13-6-14-16-11/h2-4,6H,5H2,1H3,(H,15,17)(H,13,14,16). The molecule has 0 radical (unpaired) electrons. The molecule has 1 amide bonds. The molecule has 1 aromatic heterocycles. The van der Waals surface area contributed by atoms with Crippen LogP contribution in [0.15, 0.2) is 29.7 Å². The van der Waals surface area contributed by atoms with E-state index in [0.29, 0.717) is 10.9 Å². The molecular formula is C11H11IN4OS. The molecule has 0 atom stereocenters. The molecule has 94 valence electrons. The second-order valence-corrected chi connectivity index (χ2v) is 5.80. The largest absolute Gasteiger partial charge is 0.325 e. The molecule has 18 heavy (non-hydrogen) atoms. The third kappa shape index (κ3) is 3.70. The predicted octanol–water partition coefficient (Wildman–Crippen LogP) is 2.45. The van der Waals surface area contributed by atoms with E-state index in [2.05, 4.69) is 43.1 Å². The molecular weight excluding hydrogens is 363 g/mol. The number of carbonyl (C=O) groups excluding carboxylic acids is 1. The number of halogens is 1. The monoisotopic (exact) mass is 374 g/mol. The van der Waals surface area contributed by atoms with Gasteiger partial charge in [0.1, 0.15) is 6.33 Å². The highest BCUT2D eigenvalue weighted by Crippen LogP contribution is 2.18. The van der Waals surface area contributed by atoms with Gasteiger partial charge in [0.05, 0.1) is 5.75 Å².